The Morgan fingerprint density at radius 3 is 2.43 bits per heavy atom. The second-order valence-corrected chi connectivity index (χ2v) is 14.7. The summed E-state index contributed by atoms with van der Waals surface area (Å²) in [5.41, 5.74) is -0.0135. The monoisotopic (exact) mass is 705 g/mol. The van der Waals surface area contributed by atoms with E-state index in [-0.39, 0.29) is 20.0 Å². The van der Waals surface area contributed by atoms with Crippen molar-refractivity contribution in [3.8, 4) is 5.75 Å². The van der Waals surface area contributed by atoms with Crippen LogP contribution in [-0.4, -0.2) is 52.8 Å². The first-order chi connectivity index (χ1) is 22.3. The summed E-state index contributed by atoms with van der Waals surface area (Å²) in [6, 6.07) is 23.8. The molecule has 47 heavy (non-hydrogen) atoms. The maximum absolute atomic E-state index is 12.9. The molecule has 12 heteroatoms. The predicted molar refractivity (Wildman–Crippen MR) is 185 cm³/mol. The largest absolute Gasteiger partial charge is 0.489 e. The van der Waals surface area contributed by atoms with E-state index in [1.54, 1.807) is 39.5 Å². The summed E-state index contributed by atoms with van der Waals surface area (Å²) in [5, 5.41) is 4.36. The van der Waals surface area contributed by atoms with Gasteiger partial charge in [-0.05, 0) is 94.5 Å². The van der Waals surface area contributed by atoms with Gasteiger partial charge in [0.05, 0.1) is 24.2 Å². The molecule has 0 aliphatic rings. The highest BCUT2D eigenvalue weighted by atomic mass is 35.5. The highest BCUT2D eigenvalue weighted by Crippen LogP contribution is 2.33. The number of hydrogen-bond donors (Lipinski definition) is 1. The van der Waals surface area contributed by atoms with Crippen LogP contribution in [0.5, 0.6) is 5.75 Å². The molecule has 1 atom stereocenters. The van der Waals surface area contributed by atoms with Crippen molar-refractivity contribution in [2.45, 2.75) is 74.5 Å². The van der Waals surface area contributed by atoms with E-state index in [0.717, 1.165) is 32.1 Å². The van der Waals surface area contributed by atoms with Crippen LogP contribution >= 0.6 is 23.4 Å². The molecule has 3 aromatic carbocycles. The van der Waals surface area contributed by atoms with Crippen molar-refractivity contribution in [1.29, 1.82) is 0 Å². The number of nitrogens with one attached hydrogen (secondary N) is 1. The van der Waals surface area contributed by atoms with Crippen molar-refractivity contribution >= 4 is 39.6 Å². The van der Waals surface area contributed by atoms with Gasteiger partial charge in [-0.2, -0.15) is 8.42 Å². The van der Waals surface area contributed by atoms with Gasteiger partial charge in [0.15, 0.2) is 0 Å². The van der Waals surface area contributed by atoms with E-state index in [9.17, 15) is 13.2 Å². The fourth-order valence-corrected chi connectivity index (χ4v) is 6.55. The molecule has 0 radical (unpaired) electrons. The zero-order chi connectivity index (χ0) is 34.3. The lowest BCUT2D eigenvalue weighted by Crippen LogP contribution is -2.52. The first kappa shape index (κ1) is 38.4. The smallest absolute Gasteiger partial charge is 0.408 e. The van der Waals surface area contributed by atoms with Crippen molar-refractivity contribution in [3.05, 3.63) is 100 Å². The molecule has 0 aliphatic heterocycles. The molecule has 0 spiro atoms. The quantitative estimate of drug-likeness (QED) is 0.0797. The van der Waals surface area contributed by atoms with Gasteiger partial charge in [0.1, 0.15) is 24.8 Å². The van der Waals surface area contributed by atoms with Gasteiger partial charge in [0.25, 0.3) is 10.1 Å². The minimum Gasteiger partial charge on any atom is -0.489 e. The fraction of sp³-hybridized carbons (Fsp3) is 0.400. The number of aryl methyl sites for hydroxylation is 1. The van der Waals surface area contributed by atoms with Gasteiger partial charge in [0.2, 0.25) is 0 Å². The van der Waals surface area contributed by atoms with Gasteiger partial charge >= 0.3 is 6.09 Å². The van der Waals surface area contributed by atoms with Crippen molar-refractivity contribution in [3.63, 3.8) is 0 Å². The van der Waals surface area contributed by atoms with Gasteiger partial charge in [-0.25, -0.2) is 4.79 Å². The summed E-state index contributed by atoms with van der Waals surface area (Å²) in [7, 11) is -2.52. The average molecular weight is 706 g/mol. The summed E-state index contributed by atoms with van der Waals surface area (Å²) in [4.78, 5) is 14.9. The Morgan fingerprint density at radius 2 is 1.74 bits per heavy atom. The van der Waals surface area contributed by atoms with Gasteiger partial charge in [-0.15, -0.1) is 0 Å². The minimum atomic E-state index is -3.99. The summed E-state index contributed by atoms with van der Waals surface area (Å²) < 4.78 is 51.8. The number of amides is 1. The van der Waals surface area contributed by atoms with Crippen LogP contribution in [0.1, 0.15) is 51.7 Å². The second-order valence-electron chi connectivity index (χ2n) is 11.7. The second kappa shape index (κ2) is 18.5. The lowest BCUT2D eigenvalue weighted by molar-refractivity contribution is -0.0492. The Balaban J connectivity index is 1.72. The molecule has 0 aliphatic carbocycles. The van der Waals surface area contributed by atoms with Crippen LogP contribution in [0.15, 0.2) is 94.1 Å². The third-order valence-electron chi connectivity index (χ3n) is 6.53. The average Bonchev–Trinajstić information content (AvgIpc) is 3.00. The van der Waals surface area contributed by atoms with Crippen LogP contribution in [0.25, 0.3) is 0 Å². The summed E-state index contributed by atoms with van der Waals surface area (Å²) in [6.45, 7) is 7.13. The molecule has 1 unspecified atom stereocenters. The van der Waals surface area contributed by atoms with E-state index in [4.69, 9.17) is 34.7 Å². The van der Waals surface area contributed by atoms with E-state index < -0.39 is 27.4 Å². The highest BCUT2D eigenvalue weighted by Gasteiger charge is 2.32. The molecule has 0 fully saturated rings. The van der Waals surface area contributed by atoms with E-state index in [2.05, 4.69) is 5.32 Å². The zero-order valence-electron chi connectivity index (χ0n) is 27.5. The fourth-order valence-electron chi connectivity index (χ4n) is 4.47. The SMILES string of the molecule is CCOS(=O)(=O)C=CC(CCCc1ccc(Sc2cccc(OCc3ccccc3)c2)cc1Cl)(COCOC)NC(=O)OC(C)(C)C. The summed E-state index contributed by atoms with van der Waals surface area (Å²) >= 11 is 8.31. The highest BCUT2D eigenvalue weighted by molar-refractivity contribution is 7.99. The maximum Gasteiger partial charge on any atom is 0.408 e. The molecule has 9 nitrogen and oxygen atoms in total. The van der Waals surface area contributed by atoms with E-state index >= 15 is 0 Å². The first-order valence-electron chi connectivity index (χ1n) is 15.2. The molecule has 0 aromatic heterocycles. The van der Waals surface area contributed by atoms with Crippen molar-refractivity contribution in [2.24, 2.45) is 0 Å². The van der Waals surface area contributed by atoms with E-state index in [1.807, 2.05) is 72.8 Å². The minimum absolute atomic E-state index is 0.0282. The van der Waals surface area contributed by atoms with Crippen molar-refractivity contribution in [2.75, 3.05) is 27.1 Å². The Kier molecular flexibility index (Phi) is 15.1. The van der Waals surface area contributed by atoms with Gasteiger partial charge in [-0.3, -0.25) is 4.18 Å². The number of halogens is 1. The summed E-state index contributed by atoms with van der Waals surface area (Å²) in [5.74, 6) is 0.780. The number of rotatable bonds is 18. The number of carbonyl (C=O) groups is 1. The molecule has 0 heterocycles. The van der Waals surface area contributed by atoms with E-state index in [1.165, 1.54) is 13.2 Å². The van der Waals surface area contributed by atoms with Crippen LogP contribution < -0.4 is 10.1 Å². The number of methoxy groups -OCH3 is 1. The third kappa shape index (κ3) is 14.3. The zero-order valence-corrected chi connectivity index (χ0v) is 29.9. The molecular weight excluding hydrogens is 662 g/mol. The van der Waals surface area contributed by atoms with Crippen LogP contribution in [-0.2, 0) is 41.5 Å². The molecule has 0 saturated heterocycles. The van der Waals surface area contributed by atoms with E-state index in [0.29, 0.717) is 30.9 Å². The van der Waals surface area contributed by atoms with Crippen LogP contribution in [0, 0.1) is 0 Å². The Bertz CT molecular complexity index is 1560. The normalized spacial score (nSPS) is 13.3. The molecule has 3 rings (SSSR count). The molecule has 256 valence electrons. The van der Waals surface area contributed by atoms with Gasteiger partial charge in [0, 0.05) is 21.9 Å². The Labute approximate surface area is 288 Å². The molecular formula is C35H44ClNO8S2. The van der Waals surface area contributed by atoms with Gasteiger partial charge < -0.3 is 24.3 Å². The molecule has 0 saturated carbocycles. The predicted octanol–water partition coefficient (Wildman–Crippen LogP) is 8.16. The topological polar surface area (TPSA) is 109 Å². The van der Waals surface area contributed by atoms with Gasteiger partial charge in [-0.1, -0.05) is 65.8 Å². The molecule has 0 bridgehead atoms. The Hall–Kier alpha value is -3.06. The number of carbonyl (C=O) groups excluding carboxylic acids is 1. The van der Waals surface area contributed by atoms with Crippen LogP contribution in [0.2, 0.25) is 5.02 Å². The van der Waals surface area contributed by atoms with Crippen LogP contribution in [0.4, 0.5) is 4.79 Å². The lowest BCUT2D eigenvalue weighted by atomic mass is 9.92. The lowest BCUT2D eigenvalue weighted by Gasteiger charge is -2.33. The number of alkyl carbamates (subject to hydrolysis) is 1. The number of benzene rings is 3. The van der Waals surface area contributed by atoms with Crippen molar-refractivity contribution in [1.82, 2.24) is 5.32 Å². The standard InChI is InChI=1S/C35H44ClNO8S2/c1-6-44-47(39,40)21-20-35(25-42-26-41-5,37-33(38)45-34(2,3)4)19-11-14-28-17-18-31(23-32(28)36)46-30-16-10-15-29(22-30)43-24-27-12-8-7-9-13-27/h7-10,12-13,15-18,20-23H,6,11,14,19,24-26H2,1-5H3,(H,37,38). The molecule has 1 N–H and O–H groups in total. The third-order valence-corrected chi connectivity index (χ3v) is 8.89. The maximum atomic E-state index is 12.9. The van der Waals surface area contributed by atoms with Crippen LogP contribution in [0.3, 0.4) is 0 Å². The summed E-state index contributed by atoms with van der Waals surface area (Å²) in [6.07, 6.45) is 2.04. The molecule has 3 aromatic rings. The Morgan fingerprint density at radius 1 is 1.00 bits per heavy atom. The number of ether oxygens (including phenoxy) is 4. The first-order valence-corrected chi connectivity index (χ1v) is 17.9. The van der Waals surface area contributed by atoms with Crippen molar-refractivity contribution < 1.29 is 36.3 Å². The number of hydrogen-bond acceptors (Lipinski definition) is 9. The molecule has 1 amide bonds.